The van der Waals surface area contributed by atoms with E-state index in [1.54, 1.807) is 42.7 Å². The Morgan fingerprint density at radius 2 is 1.90 bits per heavy atom. The number of nitrogens with one attached hydrogen (secondary N) is 2. The van der Waals surface area contributed by atoms with Crippen molar-refractivity contribution in [3.8, 4) is 11.4 Å². The number of aryl methyl sites for hydroxylation is 1. The van der Waals surface area contributed by atoms with Crippen molar-refractivity contribution in [2.45, 2.75) is 12.8 Å². The van der Waals surface area contributed by atoms with Crippen LogP contribution in [0.25, 0.3) is 22.3 Å². The van der Waals surface area contributed by atoms with Gasteiger partial charge in [0.05, 0.1) is 5.52 Å². The van der Waals surface area contributed by atoms with Crippen molar-refractivity contribution in [3.63, 3.8) is 0 Å². The average molecular weight is 426 g/mol. The second-order valence-corrected chi connectivity index (χ2v) is 7.27. The molecule has 0 atom stereocenters. The summed E-state index contributed by atoms with van der Waals surface area (Å²) in [5.74, 6) is 1.23. The van der Waals surface area contributed by atoms with E-state index in [9.17, 15) is 4.79 Å². The molecule has 0 aliphatic heterocycles. The first-order valence-corrected chi connectivity index (χ1v) is 9.85. The zero-order valence-electron chi connectivity index (χ0n) is 15.3. The van der Waals surface area contributed by atoms with Crippen LogP contribution in [0, 0.1) is 0 Å². The quantitative estimate of drug-likeness (QED) is 0.346. The lowest BCUT2D eigenvalue weighted by Crippen LogP contribution is -2.24. The largest absolute Gasteiger partial charge is 0.352 e. The Bertz CT molecular complexity index is 1140. The predicted octanol–water partition coefficient (Wildman–Crippen LogP) is 4.69. The minimum Gasteiger partial charge on any atom is -0.352 e. The number of aromatic amines is 1. The molecule has 0 aliphatic rings. The number of rotatable bonds is 6. The van der Waals surface area contributed by atoms with E-state index in [1.807, 2.05) is 12.1 Å². The van der Waals surface area contributed by atoms with Gasteiger partial charge in [-0.3, -0.25) is 4.79 Å². The monoisotopic (exact) mass is 425 g/mol. The molecule has 146 valence electrons. The second kappa shape index (κ2) is 8.59. The highest BCUT2D eigenvalue weighted by atomic mass is 35.5. The number of aromatic nitrogens is 4. The van der Waals surface area contributed by atoms with Crippen molar-refractivity contribution in [2.24, 2.45) is 0 Å². The molecular weight excluding hydrogens is 409 g/mol. The third kappa shape index (κ3) is 4.55. The molecule has 2 aromatic carbocycles. The molecule has 0 bridgehead atoms. The number of carbonyl (C=O) groups excluding carboxylic acids is 1. The topological polar surface area (TPSA) is 83.6 Å². The van der Waals surface area contributed by atoms with Crippen LogP contribution in [0.2, 0.25) is 10.2 Å². The van der Waals surface area contributed by atoms with Crippen LogP contribution in [0.3, 0.4) is 0 Å². The molecule has 2 heterocycles. The van der Waals surface area contributed by atoms with Gasteiger partial charge >= 0.3 is 0 Å². The standard InChI is InChI=1S/C21H17Cl2N5O/c22-15-6-3-13(4-7-15)20-27-17-12-14(5-8-16(17)19(23)28-20)21(29)26-9-1-2-18-24-10-11-25-18/h3-8,10-12H,1-2,9H2,(H,24,25)(H,26,29). The zero-order valence-corrected chi connectivity index (χ0v) is 16.8. The first-order valence-electron chi connectivity index (χ1n) is 9.10. The van der Waals surface area contributed by atoms with Crippen LogP contribution in [0.15, 0.2) is 54.9 Å². The van der Waals surface area contributed by atoms with E-state index in [1.165, 1.54) is 0 Å². The number of benzene rings is 2. The van der Waals surface area contributed by atoms with E-state index in [0.717, 1.165) is 24.2 Å². The van der Waals surface area contributed by atoms with Crippen LogP contribution in [0.1, 0.15) is 22.6 Å². The second-order valence-electron chi connectivity index (χ2n) is 6.47. The zero-order chi connectivity index (χ0) is 20.2. The van der Waals surface area contributed by atoms with Gasteiger partial charge in [0, 0.05) is 46.9 Å². The van der Waals surface area contributed by atoms with Gasteiger partial charge in [-0.25, -0.2) is 15.0 Å². The van der Waals surface area contributed by atoms with Crippen LogP contribution in [0.5, 0.6) is 0 Å². The first-order chi connectivity index (χ1) is 14.1. The maximum Gasteiger partial charge on any atom is 0.251 e. The highest BCUT2D eigenvalue weighted by Gasteiger charge is 2.12. The minimum absolute atomic E-state index is 0.158. The third-order valence-corrected chi connectivity index (χ3v) is 4.99. The number of imidazole rings is 1. The molecule has 0 radical (unpaired) electrons. The molecule has 0 fully saturated rings. The van der Waals surface area contributed by atoms with Crippen molar-refractivity contribution in [1.29, 1.82) is 0 Å². The molecule has 1 amide bonds. The summed E-state index contributed by atoms with van der Waals surface area (Å²) < 4.78 is 0. The molecule has 2 N–H and O–H groups in total. The lowest BCUT2D eigenvalue weighted by Gasteiger charge is -2.08. The molecule has 4 aromatic rings. The van der Waals surface area contributed by atoms with Gasteiger partial charge < -0.3 is 10.3 Å². The first kappa shape index (κ1) is 19.4. The van der Waals surface area contributed by atoms with E-state index >= 15 is 0 Å². The summed E-state index contributed by atoms with van der Waals surface area (Å²) in [6, 6.07) is 12.4. The molecule has 4 rings (SSSR count). The number of nitrogens with zero attached hydrogens (tertiary/aromatic N) is 3. The maximum atomic E-state index is 12.5. The van der Waals surface area contributed by atoms with Crippen molar-refractivity contribution in [2.75, 3.05) is 6.54 Å². The summed E-state index contributed by atoms with van der Waals surface area (Å²) >= 11 is 12.3. The Morgan fingerprint density at radius 3 is 2.66 bits per heavy atom. The van der Waals surface area contributed by atoms with E-state index in [-0.39, 0.29) is 5.91 Å². The van der Waals surface area contributed by atoms with Crippen molar-refractivity contribution in [3.05, 3.63) is 76.4 Å². The van der Waals surface area contributed by atoms with E-state index in [2.05, 4.69) is 25.3 Å². The van der Waals surface area contributed by atoms with Gasteiger partial charge in [-0.05, 0) is 48.9 Å². The highest BCUT2D eigenvalue weighted by Crippen LogP contribution is 2.26. The Kier molecular flexibility index (Phi) is 5.74. The maximum absolute atomic E-state index is 12.5. The molecule has 0 aliphatic carbocycles. The van der Waals surface area contributed by atoms with E-state index in [0.29, 0.717) is 39.0 Å². The van der Waals surface area contributed by atoms with Crippen LogP contribution in [-0.4, -0.2) is 32.4 Å². The predicted molar refractivity (Wildman–Crippen MR) is 114 cm³/mol. The summed E-state index contributed by atoms with van der Waals surface area (Å²) in [5, 5.41) is 4.58. The molecule has 0 saturated heterocycles. The average Bonchev–Trinajstić information content (AvgIpc) is 3.24. The molecule has 29 heavy (non-hydrogen) atoms. The lowest BCUT2D eigenvalue weighted by atomic mass is 10.1. The van der Waals surface area contributed by atoms with Gasteiger partial charge in [-0.15, -0.1) is 0 Å². The third-order valence-electron chi connectivity index (χ3n) is 4.45. The van der Waals surface area contributed by atoms with Crippen molar-refractivity contribution >= 4 is 40.0 Å². The molecule has 0 spiro atoms. The fourth-order valence-corrected chi connectivity index (χ4v) is 3.32. The van der Waals surface area contributed by atoms with Gasteiger partial charge in [-0.2, -0.15) is 0 Å². The smallest absolute Gasteiger partial charge is 0.251 e. The fraction of sp³-hybridized carbons (Fsp3) is 0.143. The number of halogens is 2. The minimum atomic E-state index is -0.158. The molecule has 2 aromatic heterocycles. The number of fused-ring (bicyclic) bond motifs is 1. The normalized spacial score (nSPS) is 11.0. The van der Waals surface area contributed by atoms with Gasteiger partial charge in [-0.1, -0.05) is 23.2 Å². The van der Waals surface area contributed by atoms with Gasteiger partial charge in [0.25, 0.3) is 5.91 Å². The number of carbonyl (C=O) groups is 1. The summed E-state index contributed by atoms with van der Waals surface area (Å²) in [7, 11) is 0. The Hall–Kier alpha value is -2.96. The molecule has 0 saturated carbocycles. The van der Waals surface area contributed by atoms with Crippen LogP contribution >= 0.6 is 23.2 Å². The number of hydrogen-bond acceptors (Lipinski definition) is 4. The molecule has 8 heteroatoms. The van der Waals surface area contributed by atoms with E-state index < -0.39 is 0 Å². The number of hydrogen-bond donors (Lipinski definition) is 2. The Balaban J connectivity index is 1.51. The van der Waals surface area contributed by atoms with Gasteiger partial charge in [0.2, 0.25) is 0 Å². The highest BCUT2D eigenvalue weighted by molar-refractivity contribution is 6.34. The summed E-state index contributed by atoms with van der Waals surface area (Å²) in [6.07, 6.45) is 5.07. The van der Waals surface area contributed by atoms with Crippen molar-refractivity contribution in [1.82, 2.24) is 25.3 Å². The van der Waals surface area contributed by atoms with Crippen molar-refractivity contribution < 1.29 is 4.79 Å². The summed E-state index contributed by atoms with van der Waals surface area (Å²) in [6.45, 7) is 0.554. The fourth-order valence-electron chi connectivity index (χ4n) is 2.95. The SMILES string of the molecule is O=C(NCCCc1ncc[nH]1)c1ccc2c(Cl)nc(-c3ccc(Cl)cc3)nc2c1. The lowest BCUT2D eigenvalue weighted by molar-refractivity contribution is 0.0953. The van der Waals surface area contributed by atoms with Crippen LogP contribution < -0.4 is 5.32 Å². The number of amides is 1. The van der Waals surface area contributed by atoms with Gasteiger partial charge in [0.1, 0.15) is 11.0 Å². The summed E-state index contributed by atoms with van der Waals surface area (Å²) in [5.41, 5.74) is 1.93. The Labute approximate surface area is 177 Å². The van der Waals surface area contributed by atoms with Crippen LogP contribution in [-0.2, 0) is 6.42 Å². The summed E-state index contributed by atoms with van der Waals surface area (Å²) in [4.78, 5) is 28.7. The molecular formula is C21H17Cl2N5O. The Morgan fingerprint density at radius 1 is 1.07 bits per heavy atom. The molecule has 6 nitrogen and oxygen atoms in total. The van der Waals surface area contributed by atoms with Crippen LogP contribution in [0.4, 0.5) is 0 Å². The molecule has 0 unspecified atom stereocenters. The number of H-pyrrole nitrogens is 1. The van der Waals surface area contributed by atoms with E-state index in [4.69, 9.17) is 23.2 Å². The van der Waals surface area contributed by atoms with Gasteiger partial charge in [0.15, 0.2) is 5.82 Å².